The summed E-state index contributed by atoms with van der Waals surface area (Å²) in [6.07, 6.45) is -0.982. The van der Waals surface area contributed by atoms with E-state index < -0.39 is 18.2 Å². The Labute approximate surface area is 95.3 Å². The maximum atomic E-state index is 11.1. The number of alkyl halides is 1. The molecule has 0 saturated carbocycles. The molecule has 1 aromatic heterocycles. The lowest BCUT2D eigenvalue weighted by Gasteiger charge is -2.11. The summed E-state index contributed by atoms with van der Waals surface area (Å²) in [6, 6.07) is 0. The van der Waals surface area contributed by atoms with Gasteiger partial charge in [-0.1, -0.05) is 0 Å². The molecule has 2 atom stereocenters. The zero-order valence-electron chi connectivity index (χ0n) is 7.88. The molecule has 2 unspecified atom stereocenters. The number of nitrogens with zero attached hydrogens (tertiary/aromatic N) is 1. The summed E-state index contributed by atoms with van der Waals surface area (Å²) in [6.45, 7) is 0. The summed E-state index contributed by atoms with van der Waals surface area (Å²) < 4.78 is 4.48. The van der Waals surface area contributed by atoms with Crippen molar-refractivity contribution >= 4 is 28.9 Å². The van der Waals surface area contributed by atoms with Crippen LogP contribution in [0.4, 0.5) is 0 Å². The highest BCUT2D eigenvalue weighted by Crippen LogP contribution is 2.23. The molecule has 0 bridgehead atoms. The number of esters is 1. The number of hydrogen-bond acceptors (Lipinski definition) is 6. The first kappa shape index (κ1) is 12.4. The summed E-state index contributed by atoms with van der Waals surface area (Å²) in [7, 11) is 1.26. The molecule has 1 rings (SSSR count). The van der Waals surface area contributed by atoms with Crippen LogP contribution in [0.1, 0.15) is 20.8 Å². The number of carbonyl (C=O) groups is 1. The number of thiazole rings is 1. The minimum Gasteiger partial charge on any atom is -0.465 e. The fourth-order valence-electron chi connectivity index (χ4n) is 0.868. The highest BCUT2D eigenvalue weighted by molar-refractivity contribution is 7.13. The lowest BCUT2D eigenvalue weighted by molar-refractivity contribution is 0.0326. The van der Waals surface area contributed by atoms with Crippen LogP contribution in [0.15, 0.2) is 6.20 Å². The number of halogens is 1. The molecule has 84 valence electrons. The molecule has 1 aromatic rings. The number of carbonyl (C=O) groups excluding carboxylic acids is 1. The number of aliphatic hydroxyl groups excluding tert-OH is 2. The van der Waals surface area contributed by atoms with Gasteiger partial charge in [0.15, 0.2) is 0 Å². The molecule has 0 aliphatic carbocycles. The van der Waals surface area contributed by atoms with Crippen LogP contribution in [0, 0.1) is 0 Å². The predicted molar refractivity (Wildman–Crippen MR) is 55.1 cm³/mol. The van der Waals surface area contributed by atoms with Crippen molar-refractivity contribution in [3.8, 4) is 0 Å². The molecule has 0 radical (unpaired) electrons. The van der Waals surface area contributed by atoms with E-state index in [0.717, 1.165) is 11.3 Å². The van der Waals surface area contributed by atoms with Crippen molar-refractivity contribution in [2.45, 2.75) is 12.2 Å². The molecule has 0 saturated heterocycles. The van der Waals surface area contributed by atoms with Gasteiger partial charge in [-0.3, -0.25) is 0 Å². The van der Waals surface area contributed by atoms with Gasteiger partial charge in [-0.25, -0.2) is 9.78 Å². The zero-order chi connectivity index (χ0) is 11.4. The van der Waals surface area contributed by atoms with Crippen LogP contribution in [-0.2, 0) is 4.74 Å². The van der Waals surface area contributed by atoms with Gasteiger partial charge in [0, 0.05) is 0 Å². The number of rotatable bonds is 4. The predicted octanol–water partition coefficient (Wildman–Crippen LogP) is 0.563. The Hall–Kier alpha value is -0.690. The van der Waals surface area contributed by atoms with Crippen LogP contribution < -0.4 is 0 Å². The summed E-state index contributed by atoms with van der Waals surface area (Å²) in [5.41, 5.74) is 0. The van der Waals surface area contributed by atoms with Crippen molar-refractivity contribution in [1.29, 1.82) is 0 Å². The fourth-order valence-corrected chi connectivity index (χ4v) is 1.92. The third-order valence-corrected chi connectivity index (χ3v) is 3.05. The van der Waals surface area contributed by atoms with Crippen molar-refractivity contribution in [2.75, 3.05) is 13.0 Å². The Balaban J connectivity index is 2.79. The average molecular weight is 252 g/mol. The van der Waals surface area contributed by atoms with Gasteiger partial charge < -0.3 is 14.9 Å². The molecular formula is C8H10ClNO4S. The van der Waals surface area contributed by atoms with Gasteiger partial charge in [-0.15, -0.1) is 22.9 Å². The molecular weight excluding hydrogens is 242 g/mol. The van der Waals surface area contributed by atoms with Gasteiger partial charge in [-0.05, 0) is 0 Å². The quantitative estimate of drug-likeness (QED) is 0.604. The van der Waals surface area contributed by atoms with Crippen LogP contribution in [0.3, 0.4) is 0 Å². The van der Waals surface area contributed by atoms with E-state index in [4.69, 9.17) is 11.6 Å². The molecule has 0 aliphatic heterocycles. The summed E-state index contributed by atoms with van der Waals surface area (Å²) in [4.78, 5) is 15.1. The topological polar surface area (TPSA) is 79.7 Å². The Bertz CT molecular complexity index is 343. The van der Waals surface area contributed by atoms with Crippen molar-refractivity contribution in [2.24, 2.45) is 0 Å². The highest BCUT2D eigenvalue weighted by atomic mass is 35.5. The van der Waals surface area contributed by atoms with Crippen molar-refractivity contribution < 1.29 is 19.7 Å². The molecule has 15 heavy (non-hydrogen) atoms. The Morgan fingerprint density at radius 3 is 2.93 bits per heavy atom. The van der Waals surface area contributed by atoms with Gasteiger partial charge in [0.05, 0.1) is 25.3 Å². The van der Waals surface area contributed by atoms with Gasteiger partial charge in [-0.2, -0.15) is 0 Å². The number of aromatic nitrogens is 1. The van der Waals surface area contributed by atoms with Gasteiger partial charge in [0.25, 0.3) is 0 Å². The number of ether oxygens (including phenoxy) is 1. The van der Waals surface area contributed by atoms with Gasteiger partial charge >= 0.3 is 5.97 Å². The molecule has 0 aliphatic rings. The lowest BCUT2D eigenvalue weighted by atomic mass is 10.2. The Morgan fingerprint density at radius 1 is 1.73 bits per heavy atom. The van der Waals surface area contributed by atoms with E-state index >= 15 is 0 Å². The van der Waals surface area contributed by atoms with Crippen LogP contribution in [-0.4, -0.2) is 40.3 Å². The molecule has 0 amide bonds. The molecule has 0 spiro atoms. The maximum Gasteiger partial charge on any atom is 0.349 e. The van der Waals surface area contributed by atoms with Crippen molar-refractivity contribution in [1.82, 2.24) is 4.98 Å². The van der Waals surface area contributed by atoms with E-state index in [0.29, 0.717) is 0 Å². The van der Waals surface area contributed by atoms with E-state index in [1.54, 1.807) is 0 Å². The second-order valence-corrected chi connectivity index (χ2v) is 4.09. The van der Waals surface area contributed by atoms with E-state index in [-0.39, 0.29) is 15.8 Å². The van der Waals surface area contributed by atoms with Crippen LogP contribution in [0.25, 0.3) is 0 Å². The second-order valence-electron chi connectivity index (χ2n) is 2.72. The van der Waals surface area contributed by atoms with Crippen molar-refractivity contribution in [3.05, 3.63) is 16.1 Å². The zero-order valence-corrected chi connectivity index (χ0v) is 9.46. The minimum absolute atomic E-state index is 0.103. The van der Waals surface area contributed by atoms with E-state index in [1.807, 2.05) is 0 Å². The highest BCUT2D eigenvalue weighted by Gasteiger charge is 2.22. The fraction of sp³-hybridized carbons (Fsp3) is 0.500. The van der Waals surface area contributed by atoms with Crippen LogP contribution in [0.2, 0.25) is 0 Å². The molecule has 0 aromatic carbocycles. The first-order valence-corrected chi connectivity index (χ1v) is 5.41. The van der Waals surface area contributed by atoms with Gasteiger partial charge in [0.1, 0.15) is 16.0 Å². The first-order chi connectivity index (χ1) is 7.10. The van der Waals surface area contributed by atoms with Gasteiger partial charge in [0.2, 0.25) is 0 Å². The monoisotopic (exact) mass is 251 g/mol. The minimum atomic E-state index is -1.18. The normalized spacial score (nSPS) is 14.7. The first-order valence-electron chi connectivity index (χ1n) is 4.06. The van der Waals surface area contributed by atoms with E-state index in [1.165, 1.54) is 13.3 Å². The smallest absolute Gasteiger partial charge is 0.349 e. The third kappa shape index (κ3) is 2.88. The molecule has 0 fully saturated rings. The van der Waals surface area contributed by atoms with E-state index in [2.05, 4.69) is 9.72 Å². The van der Waals surface area contributed by atoms with E-state index in [9.17, 15) is 15.0 Å². The maximum absolute atomic E-state index is 11.1. The molecule has 1 heterocycles. The second kappa shape index (κ2) is 5.41. The standard InChI is InChI=1S/C8H10ClNO4S/c1-14-8(13)5-3-10-7(15-5)6(12)4(11)2-9/h3-4,6,11-12H,2H2,1H3. The van der Waals surface area contributed by atoms with Crippen LogP contribution in [0.5, 0.6) is 0 Å². The summed E-state index contributed by atoms with van der Waals surface area (Å²) >= 11 is 6.33. The third-order valence-electron chi connectivity index (χ3n) is 1.69. The van der Waals surface area contributed by atoms with Crippen LogP contribution >= 0.6 is 22.9 Å². The lowest BCUT2D eigenvalue weighted by Crippen LogP contribution is -2.19. The van der Waals surface area contributed by atoms with Crippen molar-refractivity contribution in [3.63, 3.8) is 0 Å². The molecule has 7 heteroatoms. The summed E-state index contributed by atoms with van der Waals surface area (Å²) in [5.74, 6) is -0.625. The number of methoxy groups -OCH3 is 1. The summed E-state index contributed by atoms with van der Waals surface area (Å²) in [5, 5.41) is 19.0. The Kier molecular flexibility index (Phi) is 4.46. The largest absolute Gasteiger partial charge is 0.465 e. The molecule has 2 N–H and O–H groups in total. The SMILES string of the molecule is COC(=O)c1cnc(C(O)C(O)CCl)s1. The molecule has 5 nitrogen and oxygen atoms in total. The number of hydrogen-bond donors (Lipinski definition) is 2. The number of aliphatic hydroxyl groups is 2. The average Bonchev–Trinajstić information content (AvgIpc) is 2.75. The Morgan fingerprint density at radius 2 is 2.40 bits per heavy atom.